The molecule has 7 heteroatoms. The lowest BCUT2D eigenvalue weighted by Crippen LogP contribution is -2.31. The lowest BCUT2D eigenvalue weighted by molar-refractivity contribution is 0.249. The van der Waals surface area contributed by atoms with Crippen LogP contribution in [0.2, 0.25) is 0 Å². The van der Waals surface area contributed by atoms with E-state index in [0.717, 1.165) is 10.6 Å². The quantitative estimate of drug-likeness (QED) is 0.907. The van der Waals surface area contributed by atoms with Crippen LogP contribution in [0.5, 0.6) is 0 Å². The lowest BCUT2D eigenvalue weighted by atomic mass is 10.1. The van der Waals surface area contributed by atoms with Gasteiger partial charge >= 0.3 is 6.03 Å². The van der Waals surface area contributed by atoms with E-state index in [4.69, 9.17) is 5.26 Å². The molecule has 0 radical (unpaired) electrons. The maximum Gasteiger partial charge on any atom is 0.321 e. The SMILES string of the molecule is Cc1nnc(NC(=O)N[C@@H](C)c2ccc(C#N)cc2)s1. The summed E-state index contributed by atoms with van der Waals surface area (Å²) in [6.07, 6.45) is 0. The van der Waals surface area contributed by atoms with Gasteiger partial charge in [0.15, 0.2) is 0 Å². The largest absolute Gasteiger partial charge is 0.331 e. The van der Waals surface area contributed by atoms with Crippen molar-refractivity contribution in [2.45, 2.75) is 19.9 Å². The number of nitriles is 1. The van der Waals surface area contributed by atoms with Crippen molar-refractivity contribution in [3.8, 4) is 6.07 Å². The minimum absolute atomic E-state index is 0.170. The van der Waals surface area contributed by atoms with E-state index in [9.17, 15) is 4.79 Å². The van der Waals surface area contributed by atoms with Gasteiger partial charge in [-0.25, -0.2) is 4.79 Å². The van der Waals surface area contributed by atoms with Gasteiger partial charge in [0, 0.05) is 0 Å². The molecule has 0 aliphatic rings. The van der Waals surface area contributed by atoms with Crippen molar-refractivity contribution in [1.82, 2.24) is 15.5 Å². The van der Waals surface area contributed by atoms with E-state index in [1.54, 1.807) is 12.1 Å². The topological polar surface area (TPSA) is 90.7 Å². The van der Waals surface area contributed by atoms with Crippen LogP contribution in [-0.2, 0) is 0 Å². The Bertz CT molecular complexity index is 644. The zero-order valence-electron chi connectivity index (χ0n) is 11.0. The predicted octanol–water partition coefficient (Wildman–Crippen LogP) is 2.60. The second-order valence-corrected chi connectivity index (χ2v) is 5.36. The fourth-order valence-corrected chi connectivity index (χ4v) is 2.19. The van der Waals surface area contributed by atoms with Crippen molar-refractivity contribution in [1.29, 1.82) is 5.26 Å². The maximum absolute atomic E-state index is 11.8. The summed E-state index contributed by atoms with van der Waals surface area (Å²) in [6, 6.07) is 8.63. The molecule has 0 spiro atoms. The third-order valence-electron chi connectivity index (χ3n) is 2.63. The number of carbonyl (C=O) groups is 1. The molecule has 1 heterocycles. The normalized spacial score (nSPS) is 11.4. The fourth-order valence-electron chi connectivity index (χ4n) is 1.61. The highest BCUT2D eigenvalue weighted by molar-refractivity contribution is 7.15. The summed E-state index contributed by atoms with van der Waals surface area (Å²) >= 11 is 1.31. The number of hydrogen-bond donors (Lipinski definition) is 2. The highest BCUT2D eigenvalue weighted by atomic mass is 32.1. The van der Waals surface area contributed by atoms with Crippen molar-refractivity contribution in [3.05, 3.63) is 40.4 Å². The predicted molar refractivity (Wildman–Crippen MR) is 76.4 cm³/mol. The summed E-state index contributed by atoms with van der Waals surface area (Å²) in [5, 5.41) is 23.1. The third kappa shape index (κ3) is 3.52. The molecule has 1 atom stereocenters. The smallest absolute Gasteiger partial charge is 0.321 e. The molecule has 20 heavy (non-hydrogen) atoms. The van der Waals surface area contributed by atoms with Crippen LogP contribution in [0, 0.1) is 18.3 Å². The van der Waals surface area contributed by atoms with Crippen molar-refractivity contribution >= 4 is 22.5 Å². The molecule has 0 unspecified atom stereocenters. The first-order chi connectivity index (χ1) is 9.58. The Morgan fingerprint density at radius 1 is 1.35 bits per heavy atom. The summed E-state index contributed by atoms with van der Waals surface area (Å²) in [5.41, 5.74) is 1.52. The van der Waals surface area contributed by atoms with Crippen LogP contribution in [0.3, 0.4) is 0 Å². The van der Waals surface area contributed by atoms with Gasteiger partial charge in [0.05, 0.1) is 17.7 Å². The van der Waals surface area contributed by atoms with Gasteiger partial charge in [0.1, 0.15) is 5.01 Å². The first-order valence-electron chi connectivity index (χ1n) is 5.96. The Morgan fingerprint density at radius 2 is 2.05 bits per heavy atom. The van der Waals surface area contributed by atoms with Crippen LogP contribution in [0.4, 0.5) is 9.93 Å². The van der Waals surface area contributed by atoms with Crippen molar-refractivity contribution in [3.63, 3.8) is 0 Å². The minimum atomic E-state index is -0.335. The number of aromatic nitrogens is 2. The average Bonchev–Trinajstić information content (AvgIpc) is 2.84. The summed E-state index contributed by atoms with van der Waals surface area (Å²) < 4.78 is 0. The number of rotatable bonds is 3. The van der Waals surface area contributed by atoms with Crippen LogP contribution >= 0.6 is 11.3 Å². The van der Waals surface area contributed by atoms with E-state index < -0.39 is 0 Å². The van der Waals surface area contributed by atoms with Gasteiger partial charge in [-0.05, 0) is 31.5 Å². The Labute approximate surface area is 120 Å². The Balaban J connectivity index is 1.94. The molecule has 0 aliphatic carbocycles. The van der Waals surface area contributed by atoms with Crippen LogP contribution < -0.4 is 10.6 Å². The minimum Gasteiger partial charge on any atom is -0.331 e. The molecule has 2 rings (SSSR count). The summed E-state index contributed by atoms with van der Waals surface area (Å²) in [7, 11) is 0. The van der Waals surface area contributed by atoms with Gasteiger partial charge < -0.3 is 5.32 Å². The van der Waals surface area contributed by atoms with E-state index in [1.807, 2.05) is 26.0 Å². The van der Waals surface area contributed by atoms with Gasteiger partial charge in [0.25, 0.3) is 0 Å². The summed E-state index contributed by atoms with van der Waals surface area (Å²) in [4.78, 5) is 11.8. The van der Waals surface area contributed by atoms with Crippen molar-refractivity contribution < 1.29 is 4.79 Å². The molecule has 102 valence electrons. The van der Waals surface area contributed by atoms with Crippen LogP contribution in [0.1, 0.15) is 29.1 Å². The Hall–Kier alpha value is -2.46. The molecule has 1 aromatic carbocycles. The molecule has 2 N–H and O–H groups in total. The molecule has 2 aromatic rings. The molecular formula is C13H13N5OS. The fraction of sp³-hybridized carbons (Fsp3) is 0.231. The number of anilines is 1. The third-order valence-corrected chi connectivity index (χ3v) is 3.39. The molecule has 0 bridgehead atoms. The Morgan fingerprint density at radius 3 is 2.60 bits per heavy atom. The van der Waals surface area contributed by atoms with Gasteiger partial charge in [-0.2, -0.15) is 5.26 Å². The van der Waals surface area contributed by atoms with Crippen LogP contribution in [0.25, 0.3) is 0 Å². The number of amides is 2. The van der Waals surface area contributed by atoms with Crippen LogP contribution in [0.15, 0.2) is 24.3 Å². The molecule has 6 nitrogen and oxygen atoms in total. The number of nitrogens with zero attached hydrogens (tertiary/aromatic N) is 3. The lowest BCUT2D eigenvalue weighted by Gasteiger charge is -2.14. The van der Waals surface area contributed by atoms with Gasteiger partial charge in [0.2, 0.25) is 5.13 Å². The number of carbonyl (C=O) groups excluding carboxylic acids is 1. The van der Waals surface area contributed by atoms with E-state index in [-0.39, 0.29) is 12.1 Å². The second kappa shape index (κ2) is 6.12. The zero-order valence-corrected chi connectivity index (χ0v) is 11.9. The van der Waals surface area contributed by atoms with Gasteiger partial charge in [-0.1, -0.05) is 23.5 Å². The number of nitrogens with one attached hydrogen (secondary N) is 2. The highest BCUT2D eigenvalue weighted by Gasteiger charge is 2.11. The van der Waals surface area contributed by atoms with E-state index in [0.29, 0.717) is 10.7 Å². The average molecular weight is 287 g/mol. The van der Waals surface area contributed by atoms with E-state index in [2.05, 4.69) is 26.9 Å². The number of hydrogen-bond acceptors (Lipinski definition) is 5. The number of benzene rings is 1. The monoisotopic (exact) mass is 287 g/mol. The molecule has 0 saturated heterocycles. The van der Waals surface area contributed by atoms with E-state index in [1.165, 1.54) is 11.3 Å². The summed E-state index contributed by atoms with van der Waals surface area (Å²) in [6.45, 7) is 3.69. The molecule has 2 amide bonds. The van der Waals surface area contributed by atoms with Gasteiger partial charge in [-0.15, -0.1) is 10.2 Å². The van der Waals surface area contributed by atoms with Crippen LogP contribution in [-0.4, -0.2) is 16.2 Å². The number of urea groups is 1. The highest BCUT2D eigenvalue weighted by Crippen LogP contribution is 2.15. The molecular weight excluding hydrogens is 274 g/mol. The summed E-state index contributed by atoms with van der Waals surface area (Å²) in [5.74, 6) is 0. The molecule has 0 saturated carbocycles. The van der Waals surface area contributed by atoms with Crippen molar-refractivity contribution in [2.24, 2.45) is 0 Å². The maximum atomic E-state index is 11.8. The van der Waals surface area contributed by atoms with Crippen molar-refractivity contribution in [2.75, 3.05) is 5.32 Å². The second-order valence-electron chi connectivity index (χ2n) is 4.18. The van der Waals surface area contributed by atoms with Gasteiger partial charge in [-0.3, -0.25) is 5.32 Å². The molecule has 0 aliphatic heterocycles. The zero-order chi connectivity index (χ0) is 14.5. The Kier molecular flexibility index (Phi) is 4.27. The number of aryl methyl sites for hydroxylation is 1. The molecule has 1 aromatic heterocycles. The first kappa shape index (κ1) is 14.0. The standard InChI is InChI=1S/C13H13N5OS/c1-8(11-5-3-10(7-14)4-6-11)15-12(19)16-13-18-17-9(2)20-13/h3-6,8H,1-2H3,(H2,15,16,18,19)/t8-/m0/s1. The molecule has 0 fully saturated rings. The first-order valence-corrected chi connectivity index (χ1v) is 6.78. The van der Waals surface area contributed by atoms with E-state index >= 15 is 0 Å².